The number of carbonyl (C=O) groups is 1. The fourth-order valence-corrected chi connectivity index (χ4v) is 2.39. The topological polar surface area (TPSA) is 35.6 Å². The van der Waals surface area contributed by atoms with Gasteiger partial charge in [0.1, 0.15) is 0 Å². The summed E-state index contributed by atoms with van der Waals surface area (Å²) in [6.07, 6.45) is 2.48. The average Bonchev–Trinajstić information content (AvgIpc) is 2.77. The van der Waals surface area contributed by atoms with E-state index in [0.717, 1.165) is 25.2 Å². The normalized spacial score (nSPS) is 19.2. The van der Waals surface area contributed by atoms with Gasteiger partial charge >= 0.3 is 0 Å². The molecule has 4 heteroatoms. The molecule has 0 radical (unpaired) electrons. The summed E-state index contributed by atoms with van der Waals surface area (Å²) in [7, 11) is 2.02. The third kappa shape index (κ3) is 5.19. The van der Waals surface area contributed by atoms with Crippen molar-refractivity contribution in [2.75, 3.05) is 39.8 Å². The lowest BCUT2D eigenvalue weighted by Gasteiger charge is -2.26. The molecular formula is C14H27N3O. The molecule has 1 atom stereocenters. The highest BCUT2D eigenvalue weighted by molar-refractivity contribution is 5.78. The van der Waals surface area contributed by atoms with Crippen molar-refractivity contribution in [1.29, 1.82) is 0 Å². The average molecular weight is 253 g/mol. The van der Waals surface area contributed by atoms with Crippen LogP contribution in [0, 0.1) is 0 Å². The molecule has 18 heavy (non-hydrogen) atoms. The number of amides is 1. The second-order valence-corrected chi connectivity index (χ2v) is 5.36. The van der Waals surface area contributed by atoms with Gasteiger partial charge in [-0.15, -0.1) is 0 Å². The first-order chi connectivity index (χ1) is 8.52. The molecule has 0 aliphatic carbocycles. The molecule has 0 saturated carbocycles. The molecule has 1 unspecified atom stereocenters. The van der Waals surface area contributed by atoms with Crippen molar-refractivity contribution in [3.8, 4) is 0 Å². The zero-order valence-corrected chi connectivity index (χ0v) is 12.0. The van der Waals surface area contributed by atoms with Gasteiger partial charge in [-0.3, -0.25) is 9.69 Å². The van der Waals surface area contributed by atoms with Gasteiger partial charge in [0.05, 0.1) is 6.54 Å². The van der Waals surface area contributed by atoms with E-state index >= 15 is 0 Å². The Bertz CT molecular complexity index is 285. The minimum atomic E-state index is 0.195. The summed E-state index contributed by atoms with van der Waals surface area (Å²) in [5.41, 5.74) is 1.03. The van der Waals surface area contributed by atoms with E-state index in [1.54, 1.807) is 0 Å². The first-order valence-electron chi connectivity index (χ1n) is 6.87. The Morgan fingerprint density at radius 2 is 2.17 bits per heavy atom. The number of hydrogen-bond acceptors (Lipinski definition) is 3. The molecule has 4 nitrogen and oxygen atoms in total. The van der Waals surface area contributed by atoms with E-state index < -0.39 is 0 Å². The van der Waals surface area contributed by atoms with Gasteiger partial charge < -0.3 is 10.2 Å². The fraction of sp³-hybridized carbons (Fsp3) is 0.786. The van der Waals surface area contributed by atoms with E-state index in [9.17, 15) is 4.79 Å². The van der Waals surface area contributed by atoms with Crippen molar-refractivity contribution in [1.82, 2.24) is 15.1 Å². The molecule has 1 heterocycles. The lowest BCUT2D eigenvalue weighted by molar-refractivity contribution is -0.131. The third-order valence-corrected chi connectivity index (χ3v) is 3.29. The molecule has 1 saturated heterocycles. The Hall–Kier alpha value is -0.870. The Balaban J connectivity index is 2.34. The lowest BCUT2D eigenvalue weighted by atomic mass is 10.2. The summed E-state index contributed by atoms with van der Waals surface area (Å²) in [6, 6.07) is 0.555. The van der Waals surface area contributed by atoms with Gasteiger partial charge in [0.2, 0.25) is 5.91 Å². The van der Waals surface area contributed by atoms with E-state index in [4.69, 9.17) is 0 Å². The predicted molar refractivity (Wildman–Crippen MR) is 75.6 cm³/mol. The van der Waals surface area contributed by atoms with Crippen molar-refractivity contribution in [3.63, 3.8) is 0 Å². The molecule has 0 bridgehead atoms. The monoisotopic (exact) mass is 253 g/mol. The van der Waals surface area contributed by atoms with Crippen LogP contribution in [0.4, 0.5) is 0 Å². The van der Waals surface area contributed by atoms with Crippen LogP contribution in [0.2, 0.25) is 0 Å². The molecule has 1 amide bonds. The largest absolute Gasteiger partial charge is 0.338 e. The zero-order valence-electron chi connectivity index (χ0n) is 12.0. The molecule has 1 aliphatic rings. The molecule has 0 aromatic heterocycles. The maximum atomic E-state index is 12.1. The molecular weight excluding hydrogens is 226 g/mol. The van der Waals surface area contributed by atoms with Gasteiger partial charge in [-0.1, -0.05) is 12.2 Å². The third-order valence-electron chi connectivity index (χ3n) is 3.29. The number of nitrogens with one attached hydrogen (secondary N) is 1. The van der Waals surface area contributed by atoms with Crippen LogP contribution in [0.25, 0.3) is 0 Å². The standard InChI is InChI=1S/C14H27N3O/c1-5-17(9-12(2)3)14(18)11-16(4)10-13-7-6-8-15-13/h13,15H,2,5-11H2,1,3-4H3. The van der Waals surface area contributed by atoms with E-state index in [0.29, 0.717) is 19.1 Å². The zero-order chi connectivity index (χ0) is 13.5. The van der Waals surface area contributed by atoms with Gasteiger partial charge in [0, 0.05) is 25.7 Å². The molecule has 0 aromatic carbocycles. The quantitative estimate of drug-likeness (QED) is 0.690. The van der Waals surface area contributed by atoms with Gasteiger partial charge in [-0.25, -0.2) is 0 Å². The maximum absolute atomic E-state index is 12.1. The van der Waals surface area contributed by atoms with Crippen LogP contribution in [0.5, 0.6) is 0 Å². The molecule has 104 valence electrons. The molecule has 1 N–H and O–H groups in total. The summed E-state index contributed by atoms with van der Waals surface area (Å²) in [6.45, 7) is 11.8. The van der Waals surface area contributed by atoms with Crippen molar-refractivity contribution in [2.45, 2.75) is 32.7 Å². The van der Waals surface area contributed by atoms with E-state index in [1.165, 1.54) is 12.8 Å². The number of carbonyl (C=O) groups excluding carboxylic acids is 1. The summed E-state index contributed by atoms with van der Waals surface area (Å²) < 4.78 is 0. The van der Waals surface area contributed by atoms with Crippen LogP contribution < -0.4 is 5.32 Å². The summed E-state index contributed by atoms with van der Waals surface area (Å²) in [5, 5.41) is 3.46. The Kier molecular flexibility index (Phi) is 6.36. The summed E-state index contributed by atoms with van der Waals surface area (Å²) >= 11 is 0. The Morgan fingerprint density at radius 1 is 1.44 bits per heavy atom. The van der Waals surface area contributed by atoms with Crippen LogP contribution in [-0.2, 0) is 4.79 Å². The van der Waals surface area contributed by atoms with E-state index in [-0.39, 0.29) is 5.91 Å². The van der Waals surface area contributed by atoms with Crippen LogP contribution in [0.15, 0.2) is 12.2 Å². The first-order valence-corrected chi connectivity index (χ1v) is 6.87. The number of likely N-dealkylation sites (N-methyl/N-ethyl adjacent to an activating group) is 2. The molecule has 1 rings (SSSR count). The second kappa shape index (κ2) is 7.54. The lowest BCUT2D eigenvalue weighted by Crippen LogP contribution is -2.43. The molecule has 0 spiro atoms. The van der Waals surface area contributed by atoms with Crippen molar-refractivity contribution < 1.29 is 4.79 Å². The van der Waals surface area contributed by atoms with E-state index in [1.807, 2.05) is 25.8 Å². The van der Waals surface area contributed by atoms with Crippen molar-refractivity contribution in [2.24, 2.45) is 0 Å². The van der Waals surface area contributed by atoms with Crippen LogP contribution >= 0.6 is 0 Å². The van der Waals surface area contributed by atoms with Crippen LogP contribution in [0.1, 0.15) is 26.7 Å². The minimum absolute atomic E-state index is 0.195. The highest BCUT2D eigenvalue weighted by atomic mass is 16.2. The van der Waals surface area contributed by atoms with Gasteiger partial charge in [-0.05, 0) is 40.3 Å². The van der Waals surface area contributed by atoms with Gasteiger partial charge in [-0.2, -0.15) is 0 Å². The Labute approximate surface area is 111 Å². The predicted octanol–water partition coefficient (Wildman–Crippen LogP) is 1.09. The highest BCUT2D eigenvalue weighted by Crippen LogP contribution is 2.06. The maximum Gasteiger partial charge on any atom is 0.237 e. The number of nitrogens with zero attached hydrogens (tertiary/aromatic N) is 2. The van der Waals surface area contributed by atoms with Crippen molar-refractivity contribution >= 4 is 5.91 Å². The number of rotatable bonds is 7. The second-order valence-electron chi connectivity index (χ2n) is 5.36. The minimum Gasteiger partial charge on any atom is -0.338 e. The van der Waals surface area contributed by atoms with Crippen LogP contribution in [0.3, 0.4) is 0 Å². The van der Waals surface area contributed by atoms with Gasteiger partial charge in [0.15, 0.2) is 0 Å². The van der Waals surface area contributed by atoms with Gasteiger partial charge in [0.25, 0.3) is 0 Å². The number of hydrogen-bond donors (Lipinski definition) is 1. The first kappa shape index (κ1) is 15.2. The molecule has 0 aromatic rings. The smallest absolute Gasteiger partial charge is 0.237 e. The summed E-state index contributed by atoms with van der Waals surface area (Å²) in [5.74, 6) is 0.195. The van der Waals surface area contributed by atoms with Crippen molar-refractivity contribution in [3.05, 3.63) is 12.2 Å². The molecule has 1 aliphatic heterocycles. The Morgan fingerprint density at radius 3 is 2.67 bits per heavy atom. The molecule has 1 fully saturated rings. The summed E-state index contributed by atoms with van der Waals surface area (Å²) in [4.78, 5) is 16.1. The highest BCUT2D eigenvalue weighted by Gasteiger charge is 2.19. The fourth-order valence-electron chi connectivity index (χ4n) is 2.39. The van der Waals surface area contributed by atoms with E-state index in [2.05, 4.69) is 16.8 Å². The SMILES string of the molecule is C=C(C)CN(CC)C(=O)CN(C)CC1CCCN1. The van der Waals surface area contributed by atoms with Crippen LogP contribution in [-0.4, -0.2) is 61.5 Å².